The van der Waals surface area contributed by atoms with E-state index in [1.54, 1.807) is 0 Å². The van der Waals surface area contributed by atoms with E-state index in [0.717, 1.165) is 29.5 Å². The second-order valence-electron chi connectivity index (χ2n) is 10.7. The molecule has 1 fully saturated rings. The zero-order valence-electron chi connectivity index (χ0n) is 19.6. The van der Waals surface area contributed by atoms with E-state index in [9.17, 15) is 0 Å². The maximum absolute atomic E-state index is 5.47. The molecule has 0 radical (unpaired) electrons. The monoisotopic (exact) mass is 518 g/mol. The summed E-state index contributed by atoms with van der Waals surface area (Å²) in [6.45, 7) is 7.15. The van der Waals surface area contributed by atoms with E-state index in [0.29, 0.717) is 5.41 Å². The fraction of sp³-hybridized carbons (Fsp3) is 0.357. The SMILES string of the molecule is CC(C)(C)C1CCC2(CC1)N=c1c(-c3cc4sccc4s3)ccc(-c3cc4sccc4s3)c1=N2. The molecule has 2 nitrogen and oxygen atoms in total. The molecule has 5 heterocycles. The van der Waals surface area contributed by atoms with Crippen molar-refractivity contribution in [2.45, 2.75) is 52.1 Å². The van der Waals surface area contributed by atoms with Crippen molar-refractivity contribution < 1.29 is 0 Å². The van der Waals surface area contributed by atoms with Crippen molar-refractivity contribution in [3.8, 4) is 20.9 Å². The Morgan fingerprint density at radius 1 is 0.735 bits per heavy atom. The summed E-state index contributed by atoms with van der Waals surface area (Å²) in [5.41, 5.74) is 2.58. The van der Waals surface area contributed by atoms with Crippen molar-refractivity contribution in [3.05, 3.63) is 57.9 Å². The molecule has 0 atom stereocenters. The molecular formula is C28H26N2S4. The van der Waals surface area contributed by atoms with Gasteiger partial charge in [-0.2, -0.15) is 0 Å². The lowest BCUT2D eigenvalue weighted by Crippen LogP contribution is -2.34. The molecule has 4 aromatic heterocycles. The van der Waals surface area contributed by atoms with Crippen molar-refractivity contribution >= 4 is 64.1 Å². The Kier molecular flexibility index (Phi) is 4.77. The van der Waals surface area contributed by atoms with Gasteiger partial charge in [-0.1, -0.05) is 32.9 Å². The summed E-state index contributed by atoms with van der Waals surface area (Å²) in [7, 11) is 0. The van der Waals surface area contributed by atoms with Crippen LogP contribution in [-0.4, -0.2) is 5.66 Å². The van der Waals surface area contributed by atoms with Gasteiger partial charge >= 0.3 is 0 Å². The number of thiophene rings is 4. The molecule has 2 aliphatic rings. The smallest absolute Gasteiger partial charge is 0.151 e. The first kappa shape index (κ1) is 21.4. The van der Waals surface area contributed by atoms with Crippen molar-refractivity contribution in [1.29, 1.82) is 0 Å². The van der Waals surface area contributed by atoms with E-state index in [2.05, 4.69) is 67.9 Å². The predicted molar refractivity (Wildman–Crippen MR) is 150 cm³/mol. The third-order valence-corrected chi connectivity index (χ3v) is 11.9. The van der Waals surface area contributed by atoms with E-state index >= 15 is 0 Å². The molecule has 1 spiro atoms. The molecule has 1 saturated carbocycles. The average molecular weight is 519 g/mol. The van der Waals surface area contributed by atoms with Crippen LogP contribution in [0.3, 0.4) is 0 Å². The Balaban J connectivity index is 1.40. The molecule has 7 rings (SSSR count). The van der Waals surface area contributed by atoms with Crippen LogP contribution in [0.4, 0.5) is 0 Å². The van der Waals surface area contributed by atoms with Gasteiger partial charge in [0, 0.05) is 39.7 Å². The molecule has 1 aliphatic carbocycles. The van der Waals surface area contributed by atoms with Crippen molar-refractivity contribution in [2.24, 2.45) is 21.3 Å². The fourth-order valence-electron chi connectivity index (χ4n) is 5.61. The lowest BCUT2D eigenvalue weighted by Gasteiger charge is -2.39. The summed E-state index contributed by atoms with van der Waals surface area (Å²) < 4.78 is 5.47. The molecule has 0 saturated heterocycles. The van der Waals surface area contributed by atoms with Gasteiger partial charge in [0.25, 0.3) is 0 Å². The number of benzene rings is 1. The van der Waals surface area contributed by atoms with Crippen LogP contribution in [0.15, 0.2) is 57.1 Å². The number of fused-ring (bicyclic) bond motifs is 3. The summed E-state index contributed by atoms with van der Waals surface area (Å²) in [4.78, 5) is 13.6. The zero-order chi connectivity index (χ0) is 23.1. The van der Waals surface area contributed by atoms with Gasteiger partial charge in [0.15, 0.2) is 5.66 Å². The first-order valence-electron chi connectivity index (χ1n) is 12.0. The highest BCUT2D eigenvalue weighted by Crippen LogP contribution is 2.45. The highest BCUT2D eigenvalue weighted by molar-refractivity contribution is 7.29. The molecule has 34 heavy (non-hydrogen) atoms. The predicted octanol–water partition coefficient (Wildman–Crippen LogP) is 8.76. The molecular weight excluding hydrogens is 493 g/mol. The van der Waals surface area contributed by atoms with Crippen molar-refractivity contribution in [2.75, 3.05) is 0 Å². The fourth-order valence-corrected chi connectivity index (χ4v) is 9.88. The molecule has 0 unspecified atom stereocenters. The lowest BCUT2D eigenvalue weighted by atomic mass is 9.70. The molecule has 5 aromatic rings. The van der Waals surface area contributed by atoms with E-state index in [-0.39, 0.29) is 5.66 Å². The van der Waals surface area contributed by atoms with Crippen LogP contribution in [-0.2, 0) is 0 Å². The third-order valence-electron chi connectivity index (χ3n) is 7.61. The Bertz CT molecular complexity index is 1500. The quantitative estimate of drug-likeness (QED) is 0.223. The van der Waals surface area contributed by atoms with Gasteiger partial charge in [-0.3, -0.25) is 9.98 Å². The maximum atomic E-state index is 5.47. The van der Waals surface area contributed by atoms with Gasteiger partial charge in [0.1, 0.15) is 0 Å². The van der Waals surface area contributed by atoms with Crippen LogP contribution < -0.4 is 10.7 Å². The molecule has 6 heteroatoms. The summed E-state index contributed by atoms with van der Waals surface area (Å²) in [6, 6.07) is 13.8. The van der Waals surface area contributed by atoms with Gasteiger partial charge in [-0.15, -0.1) is 45.3 Å². The second-order valence-corrected chi connectivity index (χ2v) is 14.8. The number of hydrogen-bond donors (Lipinski definition) is 0. The first-order chi connectivity index (χ1) is 16.4. The second kappa shape index (κ2) is 7.57. The summed E-state index contributed by atoms with van der Waals surface area (Å²) >= 11 is 7.41. The maximum Gasteiger partial charge on any atom is 0.151 e. The molecule has 0 bridgehead atoms. The summed E-state index contributed by atoms with van der Waals surface area (Å²) in [5.74, 6) is 0.749. The Morgan fingerprint density at radius 2 is 1.24 bits per heavy atom. The van der Waals surface area contributed by atoms with E-state index in [4.69, 9.17) is 9.98 Å². The number of hydrogen-bond acceptors (Lipinski definition) is 6. The van der Waals surface area contributed by atoms with Crippen LogP contribution in [0.2, 0.25) is 0 Å². The Labute approximate surface area is 215 Å². The van der Waals surface area contributed by atoms with Crippen LogP contribution in [0, 0.1) is 11.3 Å². The minimum atomic E-state index is -0.280. The van der Waals surface area contributed by atoms with E-state index < -0.39 is 0 Å². The average Bonchev–Trinajstić information content (AvgIpc) is 3.57. The Morgan fingerprint density at radius 3 is 1.68 bits per heavy atom. The van der Waals surface area contributed by atoms with Crippen LogP contribution in [0.1, 0.15) is 46.5 Å². The highest BCUT2D eigenvalue weighted by atomic mass is 32.1. The van der Waals surface area contributed by atoms with Crippen molar-refractivity contribution in [3.63, 3.8) is 0 Å². The normalized spacial score (nSPS) is 18.0. The molecule has 172 valence electrons. The van der Waals surface area contributed by atoms with Gasteiger partial charge in [0.05, 0.1) is 10.7 Å². The van der Waals surface area contributed by atoms with Gasteiger partial charge in [0.2, 0.25) is 0 Å². The molecule has 1 aromatic carbocycles. The summed E-state index contributed by atoms with van der Waals surface area (Å²) in [6.07, 6.45) is 4.53. The first-order valence-corrected chi connectivity index (χ1v) is 15.4. The lowest BCUT2D eigenvalue weighted by molar-refractivity contribution is 0.138. The van der Waals surface area contributed by atoms with Gasteiger partial charge < -0.3 is 0 Å². The minimum Gasteiger partial charge on any atom is -0.253 e. The van der Waals surface area contributed by atoms with Crippen molar-refractivity contribution in [1.82, 2.24) is 0 Å². The number of rotatable bonds is 2. The largest absolute Gasteiger partial charge is 0.253 e. The molecule has 1 aliphatic heterocycles. The Hall–Kier alpha value is -1.86. The van der Waals surface area contributed by atoms with Crippen LogP contribution in [0.5, 0.6) is 0 Å². The van der Waals surface area contributed by atoms with Gasteiger partial charge in [-0.05, 0) is 72.0 Å². The van der Waals surface area contributed by atoms with E-state index in [1.165, 1.54) is 52.5 Å². The van der Waals surface area contributed by atoms with Gasteiger partial charge in [-0.25, -0.2) is 0 Å². The van der Waals surface area contributed by atoms with E-state index in [1.807, 2.05) is 45.3 Å². The van der Waals surface area contributed by atoms with Crippen LogP contribution in [0.25, 0.3) is 39.7 Å². The standard InChI is InChI=1S/C28H26N2S4/c1-27(2,3)16-6-10-28(11-7-16)29-25-17(21-14-23-19(33-21)8-12-31-23)4-5-18(26(25)30-28)22-15-24-20(34-22)9-13-32-24/h4-5,8-9,12-16H,6-7,10-11H2,1-3H3. The minimum absolute atomic E-state index is 0.280. The third kappa shape index (κ3) is 3.37. The molecule has 0 amide bonds. The summed E-state index contributed by atoms with van der Waals surface area (Å²) in [5, 5.41) is 6.61. The molecule has 0 N–H and O–H groups in total. The highest BCUT2D eigenvalue weighted by Gasteiger charge is 2.40. The number of nitrogens with zero attached hydrogens (tertiary/aromatic N) is 2. The van der Waals surface area contributed by atoms with Crippen LogP contribution >= 0.6 is 45.3 Å². The topological polar surface area (TPSA) is 24.7 Å². The zero-order valence-corrected chi connectivity index (χ0v) is 22.8.